The van der Waals surface area contributed by atoms with Gasteiger partial charge in [-0.25, -0.2) is 0 Å². The third-order valence-corrected chi connectivity index (χ3v) is 2.79. The van der Waals surface area contributed by atoms with E-state index in [1.807, 2.05) is 36.7 Å². The van der Waals surface area contributed by atoms with Gasteiger partial charge in [0, 0.05) is 16.2 Å². The molecule has 0 amide bonds. The Morgan fingerprint density at radius 2 is 2.00 bits per heavy atom. The van der Waals surface area contributed by atoms with Crippen LogP contribution in [0.1, 0.15) is 6.42 Å². The van der Waals surface area contributed by atoms with E-state index in [1.54, 1.807) is 4.68 Å². The SMILES string of the molecule is N#CCCn1cc(-c2ccc(Br)cc2)cn1. The average molecular weight is 276 g/mol. The number of halogens is 1. The van der Waals surface area contributed by atoms with Gasteiger partial charge in [0.25, 0.3) is 0 Å². The summed E-state index contributed by atoms with van der Waals surface area (Å²) in [5.74, 6) is 0. The number of aryl methyl sites for hydroxylation is 1. The summed E-state index contributed by atoms with van der Waals surface area (Å²) < 4.78 is 2.86. The summed E-state index contributed by atoms with van der Waals surface area (Å²) in [4.78, 5) is 0. The molecule has 0 unspecified atom stereocenters. The van der Waals surface area contributed by atoms with Crippen LogP contribution in [0.4, 0.5) is 0 Å². The Morgan fingerprint density at radius 1 is 1.25 bits per heavy atom. The molecule has 1 aromatic heterocycles. The predicted molar refractivity (Wildman–Crippen MR) is 65.6 cm³/mol. The molecule has 0 spiro atoms. The number of nitrogens with zero attached hydrogens (tertiary/aromatic N) is 3. The molecular formula is C12H10BrN3. The molecule has 80 valence electrons. The third-order valence-electron chi connectivity index (χ3n) is 2.26. The number of rotatable bonds is 3. The lowest BCUT2D eigenvalue weighted by atomic mass is 10.1. The van der Waals surface area contributed by atoms with E-state index in [1.165, 1.54) is 0 Å². The predicted octanol–water partition coefficient (Wildman–Crippen LogP) is 3.23. The fourth-order valence-electron chi connectivity index (χ4n) is 1.44. The standard InChI is InChI=1S/C12H10BrN3/c13-12-4-2-10(3-5-12)11-8-15-16(9-11)7-1-6-14/h2-5,8-9H,1,7H2. The molecule has 2 aromatic rings. The lowest BCUT2D eigenvalue weighted by Crippen LogP contribution is -1.96. The first kappa shape index (κ1) is 10.9. The second-order valence-electron chi connectivity index (χ2n) is 3.41. The van der Waals surface area contributed by atoms with Gasteiger partial charge in [-0.3, -0.25) is 4.68 Å². The van der Waals surface area contributed by atoms with Crippen molar-refractivity contribution in [2.45, 2.75) is 13.0 Å². The Labute approximate surface area is 102 Å². The minimum Gasteiger partial charge on any atom is -0.271 e. The highest BCUT2D eigenvalue weighted by atomic mass is 79.9. The fraction of sp³-hybridized carbons (Fsp3) is 0.167. The van der Waals surface area contributed by atoms with E-state index in [-0.39, 0.29) is 0 Å². The van der Waals surface area contributed by atoms with Crippen molar-refractivity contribution in [3.8, 4) is 17.2 Å². The van der Waals surface area contributed by atoms with E-state index in [0.29, 0.717) is 13.0 Å². The molecule has 4 heteroatoms. The number of benzene rings is 1. The van der Waals surface area contributed by atoms with Gasteiger partial charge >= 0.3 is 0 Å². The molecule has 0 aliphatic carbocycles. The molecule has 0 N–H and O–H groups in total. The molecule has 1 heterocycles. The van der Waals surface area contributed by atoms with Gasteiger partial charge in [0.1, 0.15) is 0 Å². The van der Waals surface area contributed by atoms with Gasteiger partial charge in [0.05, 0.1) is 25.2 Å². The van der Waals surface area contributed by atoms with Crippen molar-refractivity contribution < 1.29 is 0 Å². The first-order valence-corrected chi connectivity index (χ1v) is 5.74. The molecule has 0 bridgehead atoms. The molecule has 0 atom stereocenters. The van der Waals surface area contributed by atoms with Gasteiger partial charge in [0.15, 0.2) is 0 Å². The second kappa shape index (κ2) is 4.95. The quantitative estimate of drug-likeness (QED) is 0.863. The van der Waals surface area contributed by atoms with Crippen molar-refractivity contribution in [2.75, 3.05) is 0 Å². The average Bonchev–Trinajstić information content (AvgIpc) is 2.76. The molecule has 0 aliphatic heterocycles. The zero-order valence-corrected chi connectivity index (χ0v) is 10.2. The highest BCUT2D eigenvalue weighted by molar-refractivity contribution is 9.10. The normalized spacial score (nSPS) is 10.0. The minimum atomic E-state index is 0.488. The van der Waals surface area contributed by atoms with Crippen LogP contribution in [0.15, 0.2) is 41.1 Å². The summed E-state index contributed by atoms with van der Waals surface area (Å²) in [5, 5.41) is 12.7. The van der Waals surface area contributed by atoms with Gasteiger partial charge in [-0.05, 0) is 17.7 Å². The largest absolute Gasteiger partial charge is 0.271 e. The van der Waals surface area contributed by atoms with Crippen molar-refractivity contribution >= 4 is 15.9 Å². The van der Waals surface area contributed by atoms with Crippen molar-refractivity contribution in [2.24, 2.45) is 0 Å². The zero-order valence-electron chi connectivity index (χ0n) is 8.60. The van der Waals surface area contributed by atoms with Gasteiger partial charge in [0.2, 0.25) is 0 Å². The Kier molecular flexibility index (Phi) is 3.37. The smallest absolute Gasteiger partial charge is 0.0641 e. The van der Waals surface area contributed by atoms with E-state index < -0.39 is 0 Å². The maximum absolute atomic E-state index is 8.49. The van der Waals surface area contributed by atoms with Gasteiger partial charge < -0.3 is 0 Å². The van der Waals surface area contributed by atoms with Crippen molar-refractivity contribution in [1.29, 1.82) is 5.26 Å². The van der Waals surface area contributed by atoms with Gasteiger partial charge in [-0.2, -0.15) is 10.4 Å². The van der Waals surface area contributed by atoms with E-state index in [0.717, 1.165) is 15.6 Å². The lowest BCUT2D eigenvalue weighted by Gasteiger charge is -1.97. The van der Waals surface area contributed by atoms with Crippen LogP contribution >= 0.6 is 15.9 Å². The van der Waals surface area contributed by atoms with Gasteiger partial charge in [-0.1, -0.05) is 28.1 Å². The Morgan fingerprint density at radius 3 is 2.69 bits per heavy atom. The number of hydrogen-bond acceptors (Lipinski definition) is 2. The van der Waals surface area contributed by atoms with Crippen LogP contribution in [0, 0.1) is 11.3 Å². The summed E-state index contributed by atoms with van der Waals surface area (Å²) in [6.45, 7) is 0.646. The van der Waals surface area contributed by atoms with E-state index >= 15 is 0 Å². The summed E-state index contributed by atoms with van der Waals surface area (Å²) in [7, 11) is 0. The topological polar surface area (TPSA) is 41.6 Å². The molecule has 16 heavy (non-hydrogen) atoms. The summed E-state index contributed by atoms with van der Waals surface area (Å²) in [5.41, 5.74) is 2.21. The molecule has 0 radical (unpaired) electrons. The Hall–Kier alpha value is -1.60. The number of nitriles is 1. The van der Waals surface area contributed by atoms with E-state index in [2.05, 4.69) is 27.1 Å². The Bertz CT molecular complexity index is 508. The fourth-order valence-corrected chi connectivity index (χ4v) is 1.71. The maximum atomic E-state index is 8.49. The van der Waals surface area contributed by atoms with Crippen LogP contribution in [0.25, 0.3) is 11.1 Å². The highest BCUT2D eigenvalue weighted by Crippen LogP contribution is 2.20. The zero-order chi connectivity index (χ0) is 11.4. The molecule has 0 saturated carbocycles. The second-order valence-corrected chi connectivity index (χ2v) is 4.32. The van der Waals surface area contributed by atoms with Crippen molar-refractivity contribution in [3.05, 3.63) is 41.1 Å². The maximum Gasteiger partial charge on any atom is 0.0641 e. The van der Waals surface area contributed by atoms with Gasteiger partial charge in [-0.15, -0.1) is 0 Å². The molecule has 1 aromatic carbocycles. The van der Waals surface area contributed by atoms with Crippen molar-refractivity contribution in [1.82, 2.24) is 9.78 Å². The van der Waals surface area contributed by atoms with E-state index in [4.69, 9.17) is 5.26 Å². The summed E-state index contributed by atoms with van der Waals surface area (Å²) in [6.07, 6.45) is 4.27. The molecule has 2 rings (SSSR count). The van der Waals surface area contributed by atoms with Crippen molar-refractivity contribution in [3.63, 3.8) is 0 Å². The van der Waals surface area contributed by atoms with Crippen LogP contribution in [0.2, 0.25) is 0 Å². The number of hydrogen-bond donors (Lipinski definition) is 0. The molecular weight excluding hydrogens is 266 g/mol. The van der Waals surface area contributed by atoms with E-state index in [9.17, 15) is 0 Å². The minimum absolute atomic E-state index is 0.488. The lowest BCUT2D eigenvalue weighted by molar-refractivity contribution is 0.628. The van der Waals surface area contributed by atoms with Crippen LogP contribution in [0.5, 0.6) is 0 Å². The summed E-state index contributed by atoms with van der Waals surface area (Å²) in [6, 6.07) is 10.2. The Balaban J connectivity index is 2.18. The number of aromatic nitrogens is 2. The third kappa shape index (κ3) is 2.50. The monoisotopic (exact) mass is 275 g/mol. The summed E-state index contributed by atoms with van der Waals surface area (Å²) >= 11 is 3.40. The van der Waals surface area contributed by atoms with Crippen LogP contribution in [-0.2, 0) is 6.54 Å². The molecule has 3 nitrogen and oxygen atoms in total. The first-order chi connectivity index (χ1) is 7.79. The van der Waals surface area contributed by atoms with Crippen LogP contribution in [-0.4, -0.2) is 9.78 Å². The van der Waals surface area contributed by atoms with Crippen LogP contribution < -0.4 is 0 Å². The molecule has 0 aliphatic rings. The molecule has 0 saturated heterocycles. The first-order valence-electron chi connectivity index (χ1n) is 4.95. The van der Waals surface area contributed by atoms with Crippen LogP contribution in [0.3, 0.4) is 0 Å². The molecule has 0 fully saturated rings. The highest BCUT2D eigenvalue weighted by Gasteiger charge is 2.01.